The quantitative estimate of drug-likeness (QED) is 0.830. The lowest BCUT2D eigenvalue weighted by molar-refractivity contribution is 0.401. The fourth-order valence-corrected chi connectivity index (χ4v) is 2.47. The minimum atomic E-state index is 0.363. The van der Waals surface area contributed by atoms with Crippen molar-refractivity contribution in [2.24, 2.45) is 11.7 Å². The Morgan fingerprint density at radius 2 is 1.84 bits per heavy atom. The van der Waals surface area contributed by atoms with Gasteiger partial charge in [0.15, 0.2) is 0 Å². The molecule has 0 heterocycles. The van der Waals surface area contributed by atoms with Crippen LogP contribution in [0.25, 0.3) is 0 Å². The van der Waals surface area contributed by atoms with Gasteiger partial charge in [0.05, 0.1) is 7.11 Å². The first kappa shape index (κ1) is 16.0. The molecule has 19 heavy (non-hydrogen) atoms. The van der Waals surface area contributed by atoms with Crippen LogP contribution in [0.5, 0.6) is 5.75 Å². The maximum Gasteiger partial charge on any atom is 0.124 e. The van der Waals surface area contributed by atoms with E-state index in [9.17, 15) is 0 Å². The molecule has 108 valence electrons. The van der Waals surface area contributed by atoms with E-state index in [1.54, 1.807) is 7.11 Å². The highest BCUT2D eigenvalue weighted by Crippen LogP contribution is 2.28. The number of rotatable bonds is 6. The van der Waals surface area contributed by atoms with E-state index in [-0.39, 0.29) is 0 Å². The Balaban J connectivity index is 2.91. The molecule has 0 saturated carbocycles. The molecule has 1 atom stereocenters. The van der Waals surface area contributed by atoms with E-state index in [2.05, 4.69) is 46.0 Å². The van der Waals surface area contributed by atoms with Gasteiger partial charge in [-0.2, -0.15) is 0 Å². The summed E-state index contributed by atoms with van der Waals surface area (Å²) in [7, 11) is 1.73. The zero-order valence-electron chi connectivity index (χ0n) is 13.1. The zero-order chi connectivity index (χ0) is 14.6. The van der Waals surface area contributed by atoms with Gasteiger partial charge in [-0.25, -0.2) is 0 Å². The maximum atomic E-state index is 5.80. The van der Waals surface area contributed by atoms with Crippen LogP contribution in [-0.4, -0.2) is 19.7 Å². The van der Waals surface area contributed by atoms with Gasteiger partial charge in [0, 0.05) is 19.1 Å². The Morgan fingerprint density at radius 3 is 2.32 bits per heavy atom. The van der Waals surface area contributed by atoms with E-state index in [1.807, 2.05) is 0 Å². The largest absolute Gasteiger partial charge is 0.496 e. The SMILES string of the molecule is COc1c(C)cc(CNC(CN)C(C)C)c(C)c1C. The van der Waals surface area contributed by atoms with Crippen LogP contribution in [0.1, 0.15) is 36.1 Å². The van der Waals surface area contributed by atoms with Crippen molar-refractivity contribution < 1.29 is 4.74 Å². The summed E-state index contributed by atoms with van der Waals surface area (Å²) in [5.41, 5.74) is 10.8. The number of aryl methyl sites for hydroxylation is 1. The van der Waals surface area contributed by atoms with Gasteiger partial charge < -0.3 is 15.8 Å². The van der Waals surface area contributed by atoms with Crippen LogP contribution >= 0.6 is 0 Å². The van der Waals surface area contributed by atoms with Gasteiger partial charge in [-0.05, 0) is 48.9 Å². The minimum absolute atomic E-state index is 0.363. The molecule has 0 aliphatic rings. The van der Waals surface area contributed by atoms with Gasteiger partial charge in [-0.1, -0.05) is 19.9 Å². The van der Waals surface area contributed by atoms with Crippen LogP contribution in [0.2, 0.25) is 0 Å². The Hall–Kier alpha value is -1.06. The zero-order valence-corrected chi connectivity index (χ0v) is 13.1. The average molecular weight is 264 g/mol. The molecule has 0 spiro atoms. The van der Waals surface area contributed by atoms with E-state index < -0.39 is 0 Å². The molecule has 0 fully saturated rings. The van der Waals surface area contributed by atoms with Gasteiger partial charge in [0.25, 0.3) is 0 Å². The smallest absolute Gasteiger partial charge is 0.124 e. The number of hydrogen-bond donors (Lipinski definition) is 2. The lowest BCUT2D eigenvalue weighted by Crippen LogP contribution is -2.39. The lowest BCUT2D eigenvalue weighted by atomic mass is 9.97. The molecular weight excluding hydrogens is 236 g/mol. The number of methoxy groups -OCH3 is 1. The molecule has 3 heteroatoms. The first-order chi connectivity index (χ1) is 8.92. The van der Waals surface area contributed by atoms with Crippen molar-refractivity contribution >= 4 is 0 Å². The van der Waals surface area contributed by atoms with E-state index >= 15 is 0 Å². The van der Waals surface area contributed by atoms with Gasteiger partial charge >= 0.3 is 0 Å². The van der Waals surface area contributed by atoms with E-state index in [1.165, 1.54) is 22.3 Å². The summed E-state index contributed by atoms with van der Waals surface area (Å²) in [5, 5.41) is 3.55. The van der Waals surface area contributed by atoms with Crippen molar-refractivity contribution in [3.63, 3.8) is 0 Å². The average Bonchev–Trinajstić information content (AvgIpc) is 2.36. The van der Waals surface area contributed by atoms with Crippen LogP contribution in [0, 0.1) is 26.7 Å². The Labute approximate surface area is 117 Å². The van der Waals surface area contributed by atoms with Crippen molar-refractivity contribution in [1.29, 1.82) is 0 Å². The first-order valence-electron chi connectivity index (χ1n) is 6.99. The third-order valence-corrected chi connectivity index (χ3v) is 3.95. The molecule has 0 bridgehead atoms. The third kappa shape index (κ3) is 3.71. The molecule has 0 aromatic heterocycles. The van der Waals surface area contributed by atoms with Crippen molar-refractivity contribution in [2.75, 3.05) is 13.7 Å². The highest BCUT2D eigenvalue weighted by molar-refractivity contribution is 5.48. The predicted molar refractivity (Wildman–Crippen MR) is 81.7 cm³/mol. The highest BCUT2D eigenvalue weighted by Gasteiger charge is 2.14. The number of benzene rings is 1. The molecule has 1 aromatic rings. The van der Waals surface area contributed by atoms with Crippen molar-refractivity contribution in [3.8, 4) is 5.75 Å². The first-order valence-corrected chi connectivity index (χ1v) is 6.99. The fourth-order valence-electron chi connectivity index (χ4n) is 2.47. The van der Waals surface area contributed by atoms with Crippen molar-refractivity contribution in [3.05, 3.63) is 28.3 Å². The molecule has 0 aliphatic carbocycles. The normalized spacial score (nSPS) is 12.8. The molecule has 3 N–H and O–H groups in total. The standard InChI is InChI=1S/C16H28N2O/c1-10(2)15(8-17)18-9-14-7-11(3)16(19-6)13(5)12(14)4/h7,10,15,18H,8-9,17H2,1-6H3. The summed E-state index contributed by atoms with van der Waals surface area (Å²) < 4.78 is 5.46. The second-order valence-electron chi connectivity index (χ2n) is 5.60. The van der Waals surface area contributed by atoms with E-state index in [0.717, 1.165) is 12.3 Å². The van der Waals surface area contributed by atoms with Gasteiger partial charge in [0.1, 0.15) is 5.75 Å². The Bertz CT molecular complexity index is 427. The molecule has 1 aromatic carbocycles. The molecule has 1 unspecified atom stereocenters. The van der Waals surface area contributed by atoms with Crippen LogP contribution in [-0.2, 0) is 6.54 Å². The van der Waals surface area contributed by atoms with Crippen molar-refractivity contribution in [1.82, 2.24) is 5.32 Å². The second kappa shape index (κ2) is 6.92. The topological polar surface area (TPSA) is 47.3 Å². The summed E-state index contributed by atoms with van der Waals surface area (Å²) in [4.78, 5) is 0. The summed E-state index contributed by atoms with van der Waals surface area (Å²) in [6.45, 7) is 12.3. The molecule has 0 radical (unpaired) electrons. The summed E-state index contributed by atoms with van der Waals surface area (Å²) in [5.74, 6) is 1.55. The predicted octanol–water partition coefficient (Wildman–Crippen LogP) is 2.69. The monoisotopic (exact) mass is 264 g/mol. The van der Waals surface area contributed by atoms with E-state index in [4.69, 9.17) is 10.5 Å². The molecular formula is C16H28N2O. The van der Waals surface area contributed by atoms with Gasteiger partial charge in [-0.3, -0.25) is 0 Å². The van der Waals surface area contributed by atoms with Crippen LogP contribution in [0.3, 0.4) is 0 Å². The fraction of sp³-hybridized carbons (Fsp3) is 0.625. The molecule has 0 aliphatic heterocycles. The highest BCUT2D eigenvalue weighted by atomic mass is 16.5. The van der Waals surface area contributed by atoms with Crippen LogP contribution < -0.4 is 15.8 Å². The van der Waals surface area contributed by atoms with Gasteiger partial charge in [0.2, 0.25) is 0 Å². The number of ether oxygens (including phenoxy) is 1. The number of nitrogens with two attached hydrogens (primary N) is 1. The summed E-state index contributed by atoms with van der Waals surface area (Å²) in [6.07, 6.45) is 0. The molecule has 3 nitrogen and oxygen atoms in total. The second-order valence-corrected chi connectivity index (χ2v) is 5.60. The molecule has 0 saturated heterocycles. The maximum absolute atomic E-state index is 5.80. The minimum Gasteiger partial charge on any atom is -0.496 e. The number of hydrogen-bond acceptors (Lipinski definition) is 3. The lowest BCUT2D eigenvalue weighted by Gasteiger charge is -2.22. The van der Waals surface area contributed by atoms with Crippen LogP contribution in [0.15, 0.2) is 6.07 Å². The number of nitrogens with one attached hydrogen (secondary N) is 1. The molecule has 0 amide bonds. The van der Waals surface area contributed by atoms with Crippen molar-refractivity contribution in [2.45, 2.75) is 47.2 Å². The Morgan fingerprint density at radius 1 is 1.21 bits per heavy atom. The summed E-state index contributed by atoms with van der Waals surface area (Å²) >= 11 is 0. The van der Waals surface area contributed by atoms with Gasteiger partial charge in [-0.15, -0.1) is 0 Å². The van der Waals surface area contributed by atoms with Crippen LogP contribution in [0.4, 0.5) is 0 Å². The molecule has 1 rings (SSSR count). The Kier molecular flexibility index (Phi) is 5.83. The van der Waals surface area contributed by atoms with E-state index in [0.29, 0.717) is 18.5 Å². The third-order valence-electron chi connectivity index (χ3n) is 3.95. The summed E-state index contributed by atoms with van der Waals surface area (Å²) in [6, 6.07) is 2.57.